The first kappa shape index (κ1) is 46.4. The van der Waals surface area contributed by atoms with Gasteiger partial charge < -0.3 is 25.3 Å². The second-order valence-electron chi connectivity index (χ2n) is 17.3. The average molecular weight is 937 g/mol. The summed E-state index contributed by atoms with van der Waals surface area (Å²) in [6, 6.07) is 16.3. The van der Waals surface area contributed by atoms with E-state index in [-0.39, 0.29) is 48.0 Å². The third kappa shape index (κ3) is 9.84. The number of imide groups is 1. The Balaban J connectivity index is 0.840. The molecule has 0 saturated carbocycles. The van der Waals surface area contributed by atoms with Crippen LogP contribution >= 0.6 is 11.3 Å². The highest BCUT2D eigenvalue weighted by Crippen LogP contribution is 2.32. The van der Waals surface area contributed by atoms with Gasteiger partial charge in [-0.1, -0.05) is 18.2 Å². The quantitative estimate of drug-likeness (QED) is 0.0696. The number of sulfonamides is 1. The molecule has 4 amide bonds. The summed E-state index contributed by atoms with van der Waals surface area (Å²) in [7, 11) is 3.15. The Morgan fingerprint density at radius 2 is 1.73 bits per heavy atom. The molecule has 1 atom stereocenters. The molecular formula is C47H56N10O7S2. The Hall–Kier alpha value is -6.15. The molecule has 6 aromatic rings. The van der Waals surface area contributed by atoms with Gasteiger partial charge in [-0.15, -0.1) is 11.3 Å². The molecule has 1 saturated heterocycles. The number of hydrogen-bond acceptors (Lipinski definition) is 11. The van der Waals surface area contributed by atoms with E-state index < -0.39 is 33.8 Å². The van der Waals surface area contributed by atoms with Crippen LogP contribution in [0.4, 0.5) is 10.8 Å². The van der Waals surface area contributed by atoms with Crippen molar-refractivity contribution >= 4 is 72.4 Å². The molecular weight excluding hydrogens is 881 g/mol. The van der Waals surface area contributed by atoms with Gasteiger partial charge in [0.1, 0.15) is 10.9 Å². The fourth-order valence-electron chi connectivity index (χ4n) is 8.83. The predicted molar refractivity (Wildman–Crippen MR) is 256 cm³/mol. The first-order valence-corrected chi connectivity index (χ1v) is 24.7. The van der Waals surface area contributed by atoms with Gasteiger partial charge in [0.15, 0.2) is 5.13 Å². The number of thiazole rings is 1. The van der Waals surface area contributed by atoms with Crippen LogP contribution < -0.4 is 31.9 Å². The number of imidazole rings is 1. The van der Waals surface area contributed by atoms with Gasteiger partial charge in [-0.25, -0.2) is 22.5 Å². The minimum atomic E-state index is -4.02. The normalized spacial score (nSPS) is 15.3. The molecule has 17 nitrogen and oxygen atoms in total. The van der Waals surface area contributed by atoms with E-state index in [1.165, 1.54) is 30.8 Å². The number of anilines is 2. The Bertz CT molecular complexity index is 3000. The summed E-state index contributed by atoms with van der Waals surface area (Å²) in [4.78, 5) is 70.6. The molecule has 4 N–H and O–H groups in total. The van der Waals surface area contributed by atoms with Crippen molar-refractivity contribution in [3.63, 3.8) is 0 Å². The van der Waals surface area contributed by atoms with Crippen molar-refractivity contribution < 1.29 is 27.6 Å². The van der Waals surface area contributed by atoms with Crippen LogP contribution in [0.3, 0.4) is 0 Å². The fourth-order valence-corrected chi connectivity index (χ4v) is 11.0. The zero-order chi connectivity index (χ0) is 46.7. The second kappa shape index (κ2) is 19.8. The number of nitrogens with zero attached hydrogens (tertiary/aromatic N) is 6. The molecule has 0 spiro atoms. The van der Waals surface area contributed by atoms with Crippen LogP contribution in [-0.4, -0.2) is 102 Å². The third-order valence-corrected chi connectivity index (χ3v) is 15.1. The first-order valence-electron chi connectivity index (χ1n) is 22.4. The number of hydrogen-bond donors (Lipinski definition) is 4. The zero-order valence-corrected chi connectivity index (χ0v) is 39.3. The SMILES string of the molecule is CN(C)c1cccc(-c2csc(NC(=O)CNC(=O)c3cc(S(=O)(=O)N(C)CCCCNCCCc4ccc5c(c4)n(C)c(=O)n5C4CCC(=O)NC4=O)c4cc5c(n4c3)CCCC5)n2)c1. The predicted octanol–water partition coefficient (Wildman–Crippen LogP) is 4.63. The van der Waals surface area contributed by atoms with Crippen LogP contribution in [0.5, 0.6) is 0 Å². The van der Waals surface area contributed by atoms with Crippen LogP contribution in [0.25, 0.3) is 27.8 Å². The van der Waals surface area contributed by atoms with Gasteiger partial charge in [0, 0.05) is 69.7 Å². The van der Waals surface area contributed by atoms with Gasteiger partial charge in [0.25, 0.3) is 5.91 Å². The molecule has 348 valence electrons. The van der Waals surface area contributed by atoms with Gasteiger partial charge in [-0.3, -0.25) is 33.6 Å². The lowest BCUT2D eigenvalue weighted by Gasteiger charge is -2.21. The van der Waals surface area contributed by atoms with Crippen LogP contribution in [0, 0.1) is 0 Å². The lowest BCUT2D eigenvalue weighted by Crippen LogP contribution is -2.44. The van der Waals surface area contributed by atoms with Crippen molar-refractivity contribution in [1.82, 2.24) is 38.8 Å². The number of aromatic nitrogens is 4. The van der Waals surface area contributed by atoms with Crippen LogP contribution in [-0.2, 0) is 50.7 Å². The summed E-state index contributed by atoms with van der Waals surface area (Å²) in [6.45, 7) is 1.39. The van der Waals surface area contributed by atoms with E-state index in [0.717, 1.165) is 90.8 Å². The molecule has 66 heavy (non-hydrogen) atoms. The number of nitrogens with one attached hydrogen (secondary N) is 4. The summed E-state index contributed by atoms with van der Waals surface area (Å²) in [5.41, 5.74) is 7.56. The first-order chi connectivity index (χ1) is 31.7. The van der Waals surface area contributed by atoms with Crippen molar-refractivity contribution in [1.29, 1.82) is 0 Å². The average Bonchev–Trinajstić information content (AvgIpc) is 4.00. The van der Waals surface area contributed by atoms with Crippen molar-refractivity contribution in [3.05, 3.63) is 99.0 Å². The van der Waals surface area contributed by atoms with Crippen LogP contribution in [0.15, 0.2) is 75.9 Å². The summed E-state index contributed by atoms with van der Waals surface area (Å²) in [6.07, 6.45) is 8.68. The van der Waals surface area contributed by atoms with E-state index in [1.54, 1.807) is 20.3 Å². The van der Waals surface area contributed by atoms with Crippen molar-refractivity contribution in [2.45, 2.75) is 75.1 Å². The van der Waals surface area contributed by atoms with E-state index in [0.29, 0.717) is 29.1 Å². The lowest BCUT2D eigenvalue weighted by atomic mass is 9.98. The Kier molecular flexibility index (Phi) is 13.9. The molecule has 1 fully saturated rings. The Morgan fingerprint density at radius 3 is 2.53 bits per heavy atom. The minimum Gasteiger partial charge on any atom is -0.378 e. The molecule has 0 bridgehead atoms. The summed E-state index contributed by atoms with van der Waals surface area (Å²) in [5, 5.41) is 13.5. The van der Waals surface area contributed by atoms with E-state index in [4.69, 9.17) is 0 Å². The number of benzene rings is 2. The number of carbonyl (C=O) groups excluding carboxylic acids is 4. The van der Waals surface area contributed by atoms with E-state index in [9.17, 15) is 32.4 Å². The molecule has 5 heterocycles. The third-order valence-electron chi connectivity index (χ3n) is 12.5. The number of piperidine rings is 1. The number of carbonyl (C=O) groups is 4. The molecule has 0 radical (unpaired) electrons. The molecule has 19 heteroatoms. The highest BCUT2D eigenvalue weighted by molar-refractivity contribution is 7.89. The minimum absolute atomic E-state index is 0.0501. The number of rotatable bonds is 18. The van der Waals surface area contributed by atoms with E-state index in [1.807, 2.05) is 77.3 Å². The summed E-state index contributed by atoms with van der Waals surface area (Å²) >= 11 is 1.28. The summed E-state index contributed by atoms with van der Waals surface area (Å²) < 4.78 is 34.7. The molecule has 1 aliphatic heterocycles. The Morgan fingerprint density at radius 1 is 0.924 bits per heavy atom. The van der Waals surface area contributed by atoms with Gasteiger partial charge >= 0.3 is 5.69 Å². The number of pyridine rings is 1. The highest BCUT2D eigenvalue weighted by Gasteiger charge is 2.32. The smallest absolute Gasteiger partial charge is 0.329 e. The second-order valence-corrected chi connectivity index (χ2v) is 20.1. The van der Waals surface area contributed by atoms with Crippen molar-refractivity contribution in [2.24, 2.45) is 7.05 Å². The molecule has 1 unspecified atom stereocenters. The number of amides is 4. The maximum absolute atomic E-state index is 14.3. The van der Waals surface area contributed by atoms with Crippen molar-refractivity contribution in [3.8, 4) is 11.3 Å². The number of fused-ring (bicyclic) bond motifs is 4. The fraction of sp³-hybridized carbons (Fsp3) is 0.404. The summed E-state index contributed by atoms with van der Waals surface area (Å²) in [5.74, 6) is -1.81. The van der Waals surface area contributed by atoms with E-state index in [2.05, 4.69) is 26.3 Å². The molecule has 8 rings (SSSR count). The van der Waals surface area contributed by atoms with Crippen LogP contribution in [0.2, 0.25) is 0 Å². The maximum Gasteiger partial charge on any atom is 0.329 e. The lowest BCUT2D eigenvalue weighted by molar-refractivity contribution is -0.135. The molecule has 1 aliphatic carbocycles. The number of unbranched alkanes of at least 4 members (excludes halogenated alkanes) is 1. The standard InChI is InChI=1S/C47H56N10O7S2/c1-53(2)34-14-9-13-31(24-34)35-29-65-46(50-35)52-43(59)27-49-44(60)33-26-41(40-25-32-12-5-6-15-36(32)56(40)28-33)66(63,64)54(3)22-8-7-20-48-21-10-11-30-16-17-37-39(23-30)55(4)47(62)57(37)38-18-19-42(58)51-45(38)61/h9,13-14,16-17,23-26,28-29,38,48H,5-8,10-12,15,18-22,27H2,1-4H3,(H,49,60)(H,50,52,59)(H,51,58,61). The van der Waals surface area contributed by atoms with Crippen molar-refractivity contribution in [2.75, 3.05) is 57.5 Å². The van der Waals surface area contributed by atoms with Gasteiger partial charge in [0.2, 0.25) is 27.7 Å². The highest BCUT2D eigenvalue weighted by atomic mass is 32.2. The van der Waals surface area contributed by atoms with Gasteiger partial charge in [-0.05, 0) is 118 Å². The number of aryl methyl sites for hydroxylation is 4. The monoisotopic (exact) mass is 936 g/mol. The van der Waals surface area contributed by atoms with Gasteiger partial charge in [-0.2, -0.15) is 0 Å². The molecule has 2 aromatic carbocycles. The van der Waals surface area contributed by atoms with Gasteiger partial charge in [0.05, 0.1) is 34.4 Å². The molecule has 4 aromatic heterocycles. The van der Waals surface area contributed by atoms with Crippen LogP contribution in [0.1, 0.15) is 78.2 Å². The van der Waals surface area contributed by atoms with E-state index >= 15 is 0 Å². The molecule has 2 aliphatic rings. The topological polar surface area (TPSA) is 201 Å². The largest absolute Gasteiger partial charge is 0.378 e. The maximum atomic E-state index is 14.3. The Labute approximate surface area is 387 Å². The zero-order valence-electron chi connectivity index (χ0n) is 37.7.